The van der Waals surface area contributed by atoms with Crippen LogP contribution in [-0.4, -0.2) is 11.6 Å². The van der Waals surface area contributed by atoms with E-state index in [2.05, 4.69) is 6.58 Å². The summed E-state index contributed by atoms with van der Waals surface area (Å²) in [5, 5.41) is 0. The fourth-order valence-electron chi connectivity index (χ4n) is 1.06. The van der Waals surface area contributed by atoms with Gasteiger partial charge in [-0.05, 0) is 6.42 Å². The van der Waals surface area contributed by atoms with Gasteiger partial charge >= 0.3 is 0 Å². The molecule has 10 heavy (non-hydrogen) atoms. The van der Waals surface area contributed by atoms with Gasteiger partial charge in [0, 0.05) is 12.3 Å². The van der Waals surface area contributed by atoms with E-state index >= 15 is 0 Å². The Bertz CT molecular complexity index is 182. The lowest BCUT2D eigenvalue weighted by molar-refractivity contribution is -0.122. The summed E-state index contributed by atoms with van der Waals surface area (Å²) in [5.74, 6) is -0.188. The van der Waals surface area contributed by atoms with Crippen molar-refractivity contribution in [3.05, 3.63) is 19.1 Å². The molecule has 0 saturated heterocycles. The summed E-state index contributed by atoms with van der Waals surface area (Å²) in [6.45, 7) is 3.50. The molecular formula is C8H9O2. The molecule has 0 heterocycles. The summed E-state index contributed by atoms with van der Waals surface area (Å²) in [6.07, 6.45) is 3.85. The third kappa shape index (κ3) is 1.32. The molecule has 1 rings (SSSR count). The van der Waals surface area contributed by atoms with Gasteiger partial charge in [0.2, 0.25) is 0 Å². The second-order valence-corrected chi connectivity index (χ2v) is 2.41. The van der Waals surface area contributed by atoms with Crippen LogP contribution >= 0.6 is 0 Å². The summed E-state index contributed by atoms with van der Waals surface area (Å²) in [4.78, 5) is 21.5. The number of hydrogen-bond acceptors (Lipinski definition) is 2. The maximum absolute atomic E-state index is 10.9. The number of Topliss-reactive ketones (excluding diaryl/α,β-unsaturated/α-hetero) is 2. The molecule has 0 aromatic heterocycles. The molecule has 1 fully saturated rings. The van der Waals surface area contributed by atoms with Crippen LogP contribution in [-0.2, 0) is 9.59 Å². The van der Waals surface area contributed by atoms with E-state index in [1.165, 1.54) is 6.42 Å². The summed E-state index contributed by atoms with van der Waals surface area (Å²) in [7, 11) is 0. The van der Waals surface area contributed by atoms with Crippen LogP contribution in [0.1, 0.15) is 12.8 Å². The Morgan fingerprint density at radius 2 is 2.40 bits per heavy atom. The molecule has 1 aliphatic rings. The summed E-state index contributed by atoms with van der Waals surface area (Å²) < 4.78 is 0. The Labute approximate surface area is 59.9 Å². The van der Waals surface area contributed by atoms with Gasteiger partial charge in [0.05, 0.1) is 6.42 Å². The van der Waals surface area contributed by atoms with Crippen molar-refractivity contribution in [2.45, 2.75) is 12.8 Å². The molecule has 1 aliphatic carbocycles. The topological polar surface area (TPSA) is 34.1 Å². The highest BCUT2D eigenvalue weighted by Crippen LogP contribution is 2.20. The van der Waals surface area contributed by atoms with Gasteiger partial charge in [-0.3, -0.25) is 9.59 Å². The SMILES string of the molecule is C=CCC1[CH]C(=O)CC1=O. The van der Waals surface area contributed by atoms with Crippen molar-refractivity contribution in [3.8, 4) is 0 Å². The minimum atomic E-state index is -0.176. The first-order chi connectivity index (χ1) is 4.74. The average molecular weight is 137 g/mol. The molecule has 2 nitrogen and oxygen atoms in total. The Balaban J connectivity index is 2.54. The zero-order valence-corrected chi connectivity index (χ0v) is 5.67. The molecule has 0 bridgehead atoms. The zero-order chi connectivity index (χ0) is 7.56. The Hall–Kier alpha value is -0.920. The predicted octanol–water partition coefficient (Wildman–Crippen LogP) is 0.925. The van der Waals surface area contributed by atoms with Gasteiger partial charge in [-0.25, -0.2) is 0 Å². The van der Waals surface area contributed by atoms with Gasteiger partial charge < -0.3 is 0 Å². The maximum atomic E-state index is 10.9. The van der Waals surface area contributed by atoms with Crippen LogP contribution in [0.25, 0.3) is 0 Å². The molecule has 0 aromatic rings. The van der Waals surface area contributed by atoms with Crippen LogP contribution in [0.5, 0.6) is 0 Å². The summed E-state index contributed by atoms with van der Waals surface area (Å²) in [6, 6.07) is 0. The molecule has 1 radical (unpaired) electrons. The second-order valence-electron chi connectivity index (χ2n) is 2.41. The minimum Gasteiger partial charge on any atom is -0.299 e. The van der Waals surface area contributed by atoms with Crippen molar-refractivity contribution in [2.75, 3.05) is 0 Å². The molecule has 0 aromatic carbocycles. The first kappa shape index (κ1) is 7.19. The van der Waals surface area contributed by atoms with Crippen LogP contribution in [0.3, 0.4) is 0 Å². The largest absolute Gasteiger partial charge is 0.299 e. The average Bonchev–Trinajstić information content (AvgIpc) is 2.13. The van der Waals surface area contributed by atoms with Crippen molar-refractivity contribution >= 4 is 11.6 Å². The van der Waals surface area contributed by atoms with Crippen LogP contribution in [0, 0.1) is 12.3 Å². The zero-order valence-electron chi connectivity index (χ0n) is 5.67. The number of ketones is 2. The summed E-state index contributed by atoms with van der Waals surface area (Å²) >= 11 is 0. The van der Waals surface area contributed by atoms with Gasteiger partial charge in [-0.15, -0.1) is 6.58 Å². The highest BCUT2D eigenvalue weighted by Gasteiger charge is 2.29. The Morgan fingerprint density at radius 3 is 2.80 bits per heavy atom. The van der Waals surface area contributed by atoms with Crippen molar-refractivity contribution in [1.29, 1.82) is 0 Å². The lowest BCUT2D eigenvalue weighted by atomic mass is 10.0. The molecule has 0 amide bonds. The standard InChI is InChI=1S/C8H9O2/c1-2-3-6-4-7(9)5-8(6)10/h2,4,6H,1,3,5H2. The lowest BCUT2D eigenvalue weighted by Gasteiger charge is -1.98. The highest BCUT2D eigenvalue weighted by atomic mass is 16.2. The van der Waals surface area contributed by atoms with Crippen LogP contribution < -0.4 is 0 Å². The predicted molar refractivity (Wildman–Crippen MR) is 37.2 cm³/mol. The molecule has 0 aliphatic heterocycles. The van der Waals surface area contributed by atoms with Crippen molar-refractivity contribution < 1.29 is 9.59 Å². The fourth-order valence-corrected chi connectivity index (χ4v) is 1.06. The van der Waals surface area contributed by atoms with Crippen molar-refractivity contribution in [3.63, 3.8) is 0 Å². The van der Waals surface area contributed by atoms with E-state index in [9.17, 15) is 9.59 Å². The Kier molecular flexibility index (Phi) is 2.00. The van der Waals surface area contributed by atoms with Gasteiger partial charge in [-0.2, -0.15) is 0 Å². The lowest BCUT2D eigenvalue weighted by Crippen LogP contribution is -2.04. The van der Waals surface area contributed by atoms with Crippen LogP contribution in [0.4, 0.5) is 0 Å². The van der Waals surface area contributed by atoms with E-state index in [4.69, 9.17) is 0 Å². The van der Waals surface area contributed by atoms with Gasteiger partial charge in [-0.1, -0.05) is 6.08 Å². The van der Waals surface area contributed by atoms with Crippen molar-refractivity contribution in [1.82, 2.24) is 0 Å². The monoisotopic (exact) mass is 137 g/mol. The maximum Gasteiger partial charge on any atom is 0.144 e. The molecule has 1 saturated carbocycles. The molecule has 0 N–H and O–H groups in total. The second kappa shape index (κ2) is 2.78. The van der Waals surface area contributed by atoms with E-state index in [-0.39, 0.29) is 23.9 Å². The van der Waals surface area contributed by atoms with Gasteiger partial charge in [0.25, 0.3) is 0 Å². The summed E-state index contributed by atoms with van der Waals surface area (Å²) in [5.41, 5.74) is 0. The van der Waals surface area contributed by atoms with Crippen LogP contribution in [0.15, 0.2) is 12.7 Å². The molecule has 53 valence electrons. The molecule has 1 unspecified atom stereocenters. The first-order valence-electron chi connectivity index (χ1n) is 3.25. The van der Waals surface area contributed by atoms with Crippen molar-refractivity contribution in [2.24, 2.45) is 5.92 Å². The molecule has 1 atom stereocenters. The van der Waals surface area contributed by atoms with E-state index < -0.39 is 0 Å². The van der Waals surface area contributed by atoms with E-state index in [0.29, 0.717) is 6.42 Å². The smallest absolute Gasteiger partial charge is 0.144 e. The fraction of sp³-hybridized carbons (Fsp3) is 0.375. The van der Waals surface area contributed by atoms with Crippen LogP contribution in [0.2, 0.25) is 0 Å². The Morgan fingerprint density at radius 1 is 1.70 bits per heavy atom. The quantitative estimate of drug-likeness (QED) is 0.419. The molecular weight excluding hydrogens is 128 g/mol. The third-order valence-electron chi connectivity index (χ3n) is 1.57. The highest BCUT2D eigenvalue weighted by molar-refractivity contribution is 6.12. The minimum absolute atomic E-state index is 0.0323. The number of carbonyl (C=O) groups is 2. The molecule has 2 heteroatoms. The normalized spacial score (nSPS) is 25.4. The van der Waals surface area contributed by atoms with E-state index in [1.807, 2.05) is 0 Å². The van der Waals surface area contributed by atoms with E-state index in [1.54, 1.807) is 6.08 Å². The van der Waals surface area contributed by atoms with E-state index in [0.717, 1.165) is 0 Å². The molecule has 0 spiro atoms. The third-order valence-corrected chi connectivity index (χ3v) is 1.57. The van der Waals surface area contributed by atoms with Gasteiger partial charge in [0.1, 0.15) is 11.6 Å². The van der Waals surface area contributed by atoms with Gasteiger partial charge in [0.15, 0.2) is 0 Å². The number of hydrogen-bond donors (Lipinski definition) is 0. The number of allylic oxidation sites excluding steroid dienone is 1. The first-order valence-corrected chi connectivity index (χ1v) is 3.25. The number of carbonyl (C=O) groups excluding carboxylic acids is 2. The number of rotatable bonds is 2.